The van der Waals surface area contributed by atoms with Crippen LogP contribution in [0.5, 0.6) is 11.5 Å². The van der Waals surface area contributed by atoms with Gasteiger partial charge in [-0.15, -0.1) is 12.4 Å². The molecule has 1 amide bonds. The van der Waals surface area contributed by atoms with E-state index < -0.39 is 0 Å². The number of benzene rings is 2. The van der Waals surface area contributed by atoms with Crippen molar-refractivity contribution >= 4 is 18.3 Å². The number of halogens is 2. The lowest BCUT2D eigenvalue weighted by Gasteiger charge is -2.27. The van der Waals surface area contributed by atoms with Crippen LogP contribution >= 0.6 is 12.4 Å². The fraction of sp³-hybridized carbons (Fsp3) is 0.381. The van der Waals surface area contributed by atoms with Crippen LogP contribution in [0.2, 0.25) is 0 Å². The number of carbonyl (C=O) groups is 1. The van der Waals surface area contributed by atoms with Crippen LogP contribution in [0.25, 0.3) is 0 Å². The van der Waals surface area contributed by atoms with E-state index in [1.807, 2.05) is 25.1 Å². The predicted molar refractivity (Wildman–Crippen MR) is 107 cm³/mol. The average molecular weight is 393 g/mol. The quantitative estimate of drug-likeness (QED) is 0.795. The van der Waals surface area contributed by atoms with Crippen molar-refractivity contribution in [3.05, 3.63) is 59.4 Å². The van der Waals surface area contributed by atoms with Gasteiger partial charge in [-0.2, -0.15) is 0 Å². The molecule has 1 saturated heterocycles. The third kappa shape index (κ3) is 5.94. The second kappa shape index (κ2) is 9.72. The van der Waals surface area contributed by atoms with E-state index in [1.165, 1.54) is 12.1 Å². The van der Waals surface area contributed by atoms with E-state index in [-0.39, 0.29) is 30.0 Å². The Balaban J connectivity index is 0.00000261. The molecule has 146 valence electrons. The highest BCUT2D eigenvalue weighted by Crippen LogP contribution is 2.26. The molecule has 0 aromatic heterocycles. The predicted octanol–water partition coefficient (Wildman–Crippen LogP) is 4.35. The molecule has 6 heteroatoms. The number of carbonyl (C=O) groups excluding carboxylic acids is 1. The van der Waals surface area contributed by atoms with Crippen LogP contribution in [0.1, 0.15) is 30.9 Å². The zero-order valence-electron chi connectivity index (χ0n) is 15.6. The van der Waals surface area contributed by atoms with Gasteiger partial charge < -0.3 is 15.4 Å². The first-order valence-corrected chi connectivity index (χ1v) is 9.05. The summed E-state index contributed by atoms with van der Waals surface area (Å²) >= 11 is 0. The average Bonchev–Trinajstić information content (AvgIpc) is 2.63. The third-order valence-corrected chi connectivity index (χ3v) is 4.74. The highest BCUT2D eigenvalue weighted by molar-refractivity contribution is 5.85. The number of hydrogen-bond acceptors (Lipinski definition) is 3. The Morgan fingerprint density at radius 1 is 1.26 bits per heavy atom. The Hall–Kier alpha value is -2.11. The first kappa shape index (κ1) is 21.2. The van der Waals surface area contributed by atoms with Crippen molar-refractivity contribution in [3.63, 3.8) is 0 Å². The maximum atomic E-state index is 13.0. The lowest BCUT2D eigenvalue weighted by Crippen LogP contribution is -2.42. The first-order chi connectivity index (χ1) is 12.5. The summed E-state index contributed by atoms with van der Waals surface area (Å²) in [4.78, 5) is 12.3. The first-order valence-electron chi connectivity index (χ1n) is 9.05. The van der Waals surface area contributed by atoms with E-state index in [4.69, 9.17) is 4.74 Å². The minimum Gasteiger partial charge on any atom is -0.457 e. The monoisotopic (exact) mass is 392 g/mol. The van der Waals surface area contributed by atoms with Crippen molar-refractivity contribution in [2.24, 2.45) is 5.92 Å². The smallest absolute Gasteiger partial charge is 0.223 e. The van der Waals surface area contributed by atoms with Gasteiger partial charge in [0, 0.05) is 18.5 Å². The van der Waals surface area contributed by atoms with Gasteiger partial charge in [0.2, 0.25) is 5.91 Å². The molecule has 2 aromatic rings. The van der Waals surface area contributed by atoms with Crippen molar-refractivity contribution < 1.29 is 13.9 Å². The molecule has 1 aliphatic rings. The number of rotatable bonds is 5. The Bertz CT molecular complexity index is 767. The molecule has 0 saturated carbocycles. The highest BCUT2D eigenvalue weighted by atomic mass is 35.5. The summed E-state index contributed by atoms with van der Waals surface area (Å²) in [5.74, 6) is 1.24. The zero-order valence-corrected chi connectivity index (χ0v) is 16.4. The molecule has 3 rings (SSSR count). The Morgan fingerprint density at radius 2 is 2.00 bits per heavy atom. The maximum Gasteiger partial charge on any atom is 0.223 e. The normalized spacial score (nSPS) is 19.1. The van der Waals surface area contributed by atoms with Crippen LogP contribution in [0.3, 0.4) is 0 Å². The molecule has 0 bridgehead atoms. The highest BCUT2D eigenvalue weighted by Gasteiger charge is 2.24. The van der Waals surface area contributed by atoms with Gasteiger partial charge in [-0.05, 0) is 74.7 Å². The van der Waals surface area contributed by atoms with Gasteiger partial charge >= 0.3 is 0 Å². The lowest BCUT2D eigenvalue weighted by atomic mass is 9.92. The molecule has 2 aromatic carbocycles. The summed E-state index contributed by atoms with van der Waals surface area (Å²) in [7, 11) is 0. The summed E-state index contributed by atoms with van der Waals surface area (Å²) in [5.41, 5.74) is 2.00. The van der Waals surface area contributed by atoms with E-state index >= 15 is 0 Å². The Labute approximate surface area is 165 Å². The summed E-state index contributed by atoms with van der Waals surface area (Å²) in [6, 6.07) is 12.2. The van der Waals surface area contributed by atoms with E-state index in [9.17, 15) is 9.18 Å². The number of amides is 1. The van der Waals surface area contributed by atoms with Crippen LogP contribution in [0.4, 0.5) is 4.39 Å². The molecular weight excluding hydrogens is 367 g/mol. The van der Waals surface area contributed by atoms with Crippen molar-refractivity contribution in [3.8, 4) is 11.5 Å². The minimum absolute atomic E-state index is 0. The van der Waals surface area contributed by atoms with Crippen molar-refractivity contribution in [1.82, 2.24) is 10.6 Å². The molecule has 1 fully saturated rings. The largest absolute Gasteiger partial charge is 0.457 e. The molecule has 4 nitrogen and oxygen atoms in total. The molecule has 0 spiro atoms. The fourth-order valence-corrected chi connectivity index (χ4v) is 3.27. The maximum absolute atomic E-state index is 13.0. The second-order valence-electron chi connectivity index (χ2n) is 6.95. The lowest BCUT2D eigenvalue weighted by molar-refractivity contribution is -0.126. The van der Waals surface area contributed by atoms with E-state index in [0.717, 1.165) is 36.3 Å². The molecule has 0 unspecified atom stereocenters. The van der Waals surface area contributed by atoms with Crippen LogP contribution in [0, 0.1) is 18.7 Å². The minimum atomic E-state index is -0.289. The second-order valence-corrected chi connectivity index (χ2v) is 6.95. The third-order valence-electron chi connectivity index (χ3n) is 4.74. The Kier molecular flexibility index (Phi) is 7.63. The molecule has 2 N–H and O–H groups in total. The molecule has 1 aliphatic heterocycles. The van der Waals surface area contributed by atoms with Crippen molar-refractivity contribution in [2.45, 2.75) is 39.3 Å². The van der Waals surface area contributed by atoms with Gasteiger partial charge in [-0.25, -0.2) is 4.39 Å². The van der Waals surface area contributed by atoms with Gasteiger partial charge in [-0.3, -0.25) is 4.79 Å². The standard InChI is InChI=1S/C21H25FN2O2.ClH/c1-14-11-16(13-24-21(25)17-9-10-23-15(2)12-17)3-8-20(14)26-19-6-4-18(22)5-7-19;/h3-8,11,15,17,23H,9-10,12-13H2,1-2H3,(H,24,25);1H/t15-,17-;/m0./s1. The van der Waals surface area contributed by atoms with Crippen molar-refractivity contribution in [1.29, 1.82) is 0 Å². The zero-order chi connectivity index (χ0) is 18.5. The fourth-order valence-electron chi connectivity index (χ4n) is 3.27. The summed E-state index contributed by atoms with van der Waals surface area (Å²) in [5, 5.41) is 6.41. The number of ether oxygens (including phenoxy) is 1. The number of nitrogens with one attached hydrogen (secondary N) is 2. The van der Waals surface area contributed by atoms with Crippen LogP contribution in [-0.4, -0.2) is 18.5 Å². The van der Waals surface area contributed by atoms with Gasteiger partial charge in [0.1, 0.15) is 17.3 Å². The van der Waals surface area contributed by atoms with Gasteiger partial charge in [0.15, 0.2) is 0 Å². The number of piperidine rings is 1. The molecule has 0 radical (unpaired) electrons. The molecule has 27 heavy (non-hydrogen) atoms. The number of aryl methyl sites for hydroxylation is 1. The SMILES string of the molecule is Cc1cc(CNC(=O)[C@H]2CCN[C@@H](C)C2)ccc1Oc1ccc(F)cc1.Cl. The van der Waals surface area contributed by atoms with E-state index in [1.54, 1.807) is 12.1 Å². The van der Waals surface area contributed by atoms with Crippen LogP contribution in [0.15, 0.2) is 42.5 Å². The van der Waals surface area contributed by atoms with Crippen molar-refractivity contribution in [2.75, 3.05) is 6.54 Å². The Morgan fingerprint density at radius 3 is 2.67 bits per heavy atom. The topological polar surface area (TPSA) is 50.4 Å². The molecular formula is C21H26ClFN2O2. The van der Waals surface area contributed by atoms with Crippen LogP contribution < -0.4 is 15.4 Å². The number of hydrogen-bond donors (Lipinski definition) is 2. The summed E-state index contributed by atoms with van der Waals surface area (Å²) < 4.78 is 18.8. The molecule has 1 heterocycles. The summed E-state index contributed by atoms with van der Waals surface area (Å²) in [6.07, 6.45) is 1.77. The molecule has 2 atom stereocenters. The summed E-state index contributed by atoms with van der Waals surface area (Å²) in [6.45, 7) is 5.48. The van der Waals surface area contributed by atoms with Gasteiger partial charge in [0.25, 0.3) is 0 Å². The van der Waals surface area contributed by atoms with Gasteiger partial charge in [-0.1, -0.05) is 12.1 Å². The van der Waals surface area contributed by atoms with Gasteiger partial charge in [0.05, 0.1) is 0 Å². The molecule has 0 aliphatic carbocycles. The van der Waals surface area contributed by atoms with Crippen LogP contribution in [-0.2, 0) is 11.3 Å². The van der Waals surface area contributed by atoms with E-state index in [0.29, 0.717) is 18.3 Å². The van der Waals surface area contributed by atoms with E-state index in [2.05, 4.69) is 17.6 Å².